The largest absolute Gasteiger partial charge is 0.463 e. The summed E-state index contributed by atoms with van der Waals surface area (Å²) in [4.78, 5) is 19.5. The molecule has 2 heterocycles. The molecule has 0 aliphatic carbocycles. The predicted octanol–water partition coefficient (Wildman–Crippen LogP) is 2.71. The molecule has 1 atom stereocenters. The van der Waals surface area contributed by atoms with Crippen LogP contribution in [0.15, 0.2) is 40.2 Å². The van der Waals surface area contributed by atoms with E-state index in [1.54, 1.807) is 30.6 Å². The van der Waals surface area contributed by atoms with Crippen LogP contribution in [0.2, 0.25) is 0 Å². The van der Waals surface area contributed by atoms with E-state index >= 15 is 0 Å². The van der Waals surface area contributed by atoms with E-state index in [4.69, 9.17) is 4.42 Å². The third-order valence-electron chi connectivity index (χ3n) is 2.24. The van der Waals surface area contributed by atoms with Crippen molar-refractivity contribution < 1.29 is 13.9 Å². The lowest BCUT2D eigenvalue weighted by Crippen LogP contribution is -1.98. The van der Waals surface area contributed by atoms with Gasteiger partial charge in [0.25, 0.3) is 0 Å². The van der Waals surface area contributed by atoms with Gasteiger partial charge in [0.05, 0.1) is 12.4 Å². The third kappa shape index (κ3) is 2.89. The number of hydrogen-bond donors (Lipinski definition) is 0. The number of aromatic nitrogens is 2. The molecule has 0 saturated carbocycles. The Kier molecular flexibility index (Phi) is 3.99. The van der Waals surface area contributed by atoms with Crippen molar-refractivity contribution in [3.8, 4) is 0 Å². The van der Waals surface area contributed by atoms with E-state index in [2.05, 4.69) is 14.7 Å². The second-order valence-electron chi connectivity index (χ2n) is 3.49. The molecule has 0 radical (unpaired) electrons. The van der Waals surface area contributed by atoms with Crippen molar-refractivity contribution in [3.63, 3.8) is 0 Å². The Morgan fingerprint density at radius 3 is 2.78 bits per heavy atom. The second-order valence-corrected chi connectivity index (χ2v) is 4.79. The highest BCUT2D eigenvalue weighted by Gasteiger charge is 2.16. The Morgan fingerprint density at radius 2 is 2.11 bits per heavy atom. The van der Waals surface area contributed by atoms with Gasteiger partial charge in [0.2, 0.25) is 5.76 Å². The Bertz CT molecular complexity index is 527. The van der Waals surface area contributed by atoms with E-state index in [0.717, 1.165) is 0 Å². The van der Waals surface area contributed by atoms with Crippen molar-refractivity contribution in [1.82, 2.24) is 9.97 Å². The van der Waals surface area contributed by atoms with Crippen molar-refractivity contribution in [3.05, 3.63) is 42.1 Å². The molecule has 1 unspecified atom stereocenters. The predicted molar refractivity (Wildman–Crippen MR) is 66.4 cm³/mol. The lowest BCUT2D eigenvalue weighted by molar-refractivity contribution is 0.0563. The van der Waals surface area contributed by atoms with E-state index in [9.17, 15) is 4.79 Å². The molecule has 0 amide bonds. The molecule has 0 bridgehead atoms. The maximum atomic E-state index is 11.3. The van der Waals surface area contributed by atoms with E-state index in [1.807, 2.05) is 6.92 Å². The van der Waals surface area contributed by atoms with E-state index in [0.29, 0.717) is 10.9 Å². The molecular weight excluding hydrogens is 252 g/mol. The number of methoxy groups -OCH3 is 1. The van der Waals surface area contributed by atoms with Gasteiger partial charge >= 0.3 is 5.97 Å². The van der Waals surface area contributed by atoms with Gasteiger partial charge in [-0.1, -0.05) is 11.8 Å². The molecule has 0 N–H and O–H groups in total. The number of hydrogen-bond acceptors (Lipinski definition) is 6. The summed E-state index contributed by atoms with van der Waals surface area (Å²) in [5, 5.41) is 0.687. The molecular formula is C12H12N2O3S. The second kappa shape index (κ2) is 5.68. The van der Waals surface area contributed by atoms with Crippen LogP contribution in [0.5, 0.6) is 0 Å². The van der Waals surface area contributed by atoms with Crippen LogP contribution in [0.4, 0.5) is 0 Å². The van der Waals surface area contributed by atoms with Gasteiger partial charge in [-0.2, -0.15) is 0 Å². The normalized spacial score (nSPS) is 12.1. The van der Waals surface area contributed by atoms with Crippen molar-refractivity contribution in [2.45, 2.75) is 17.3 Å². The molecule has 94 valence electrons. The lowest BCUT2D eigenvalue weighted by Gasteiger charge is -2.06. The minimum Gasteiger partial charge on any atom is -0.463 e. The maximum Gasteiger partial charge on any atom is 0.373 e. The van der Waals surface area contributed by atoms with Gasteiger partial charge in [0.1, 0.15) is 5.76 Å². The zero-order valence-electron chi connectivity index (χ0n) is 9.99. The highest BCUT2D eigenvalue weighted by atomic mass is 32.2. The highest BCUT2D eigenvalue weighted by Crippen LogP contribution is 2.33. The van der Waals surface area contributed by atoms with Gasteiger partial charge in [-0.3, -0.25) is 0 Å². The van der Waals surface area contributed by atoms with Gasteiger partial charge in [-0.15, -0.1) is 0 Å². The minimum absolute atomic E-state index is 0.0193. The first kappa shape index (κ1) is 12.6. The summed E-state index contributed by atoms with van der Waals surface area (Å²) in [5.74, 6) is 0.413. The average molecular weight is 264 g/mol. The van der Waals surface area contributed by atoms with Crippen LogP contribution in [0.1, 0.15) is 28.5 Å². The molecule has 0 saturated heterocycles. The first-order valence-corrected chi connectivity index (χ1v) is 6.20. The summed E-state index contributed by atoms with van der Waals surface area (Å²) in [6.45, 7) is 1.96. The van der Waals surface area contributed by atoms with Crippen LogP contribution in [0.3, 0.4) is 0 Å². The van der Waals surface area contributed by atoms with Crippen molar-refractivity contribution in [2.75, 3.05) is 7.11 Å². The minimum atomic E-state index is -0.477. The SMILES string of the molecule is COC(=O)c1ccc(C(C)Sc2ncccn2)o1. The van der Waals surface area contributed by atoms with Crippen LogP contribution >= 0.6 is 11.8 Å². The standard InChI is InChI=1S/C12H12N2O3S/c1-8(18-12-13-6-3-7-14-12)9-4-5-10(17-9)11(15)16-2/h3-8H,1-2H3. The van der Waals surface area contributed by atoms with E-state index in [-0.39, 0.29) is 11.0 Å². The number of ether oxygens (including phenoxy) is 1. The lowest BCUT2D eigenvalue weighted by atomic mass is 10.3. The topological polar surface area (TPSA) is 65.2 Å². The summed E-state index contributed by atoms with van der Waals surface area (Å²) in [5.41, 5.74) is 0. The molecule has 0 aliphatic heterocycles. The Hall–Kier alpha value is -1.82. The van der Waals surface area contributed by atoms with Crippen LogP contribution in [-0.2, 0) is 4.74 Å². The number of esters is 1. The molecule has 0 spiro atoms. The van der Waals surface area contributed by atoms with Crippen molar-refractivity contribution in [2.24, 2.45) is 0 Å². The quantitative estimate of drug-likeness (QED) is 0.480. The summed E-state index contributed by atoms with van der Waals surface area (Å²) in [6.07, 6.45) is 3.37. The summed E-state index contributed by atoms with van der Waals surface area (Å²) in [7, 11) is 1.32. The number of thioether (sulfide) groups is 1. The molecule has 6 heteroatoms. The maximum absolute atomic E-state index is 11.3. The molecule has 5 nitrogen and oxygen atoms in total. The third-order valence-corrected chi connectivity index (χ3v) is 3.25. The Balaban J connectivity index is 2.07. The molecule has 18 heavy (non-hydrogen) atoms. The van der Waals surface area contributed by atoms with E-state index in [1.165, 1.54) is 18.9 Å². The van der Waals surface area contributed by atoms with Crippen LogP contribution in [-0.4, -0.2) is 23.0 Å². The number of furan rings is 1. The van der Waals surface area contributed by atoms with Crippen LogP contribution < -0.4 is 0 Å². The van der Waals surface area contributed by atoms with Crippen LogP contribution in [0.25, 0.3) is 0 Å². The monoisotopic (exact) mass is 264 g/mol. The number of rotatable bonds is 4. The fraction of sp³-hybridized carbons (Fsp3) is 0.250. The number of carbonyl (C=O) groups excluding carboxylic acids is 1. The first-order valence-electron chi connectivity index (χ1n) is 5.32. The average Bonchev–Trinajstić information content (AvgIpc) is 2.88. The Morgan fingerprint density at radius 1 is 1.39 bits per heavy atom. The molecule has 0 fully saturated rings. The zero-order chi connectivity index (χ0) is 13.0. The Labute approximate surface area is 109 Å². The highest BCUT2D eigenvalue weighted by molar-refractivity contribution is 7.99. The van der Waals surface area contributed by atoms with Gasteiger partial charge in [-0.25, -0.2) is 14.8 Å². The molecule has 2 aromatic heterocycles. The summed E-state index contributed by atoms with van der Waals surface area (Å²) >= 11 is 1.46. The molecule has 2 aromatic rings. The van der Waals surface area contributed by atoms with Gasteiger partial charge in [0, 0.05) is 12.4 Å². The van der Waals surface area contributed by atoms with Gasteiger partial charge in [-0.05, 0) is 25.1 Å². The smallest absolute Gasteiger partial charge is 0.373 e. The van der Waals surface area contributed by atoms with Gasteiger partial charge in [0.15, 0.2) is 5.16 Å². The van der Waals surface area contributed by atoms with Crippen molar-refractivity contribution >= 4 is 17.7 Å². The summed E-state index contributed by atoms with van der Waals surface area (Å²) < 4.78 is 10.0. The summed E-state index contributed by atoms with van der Waals surface area (Å²) in [6, 6.07) is 5.12. The van der Waals surface area contributed by atoms with E-state index < -0.39 is 5.97 Å². The zero-order valence-corrected chi connectivity index (χ0v) is 10.8. The number of nitrogens with zero attached hydrogens (tertiary/aromatic N) is 2. The van der Waals surface area contributed by atoms with Crippen molar-refractivity contribution in [1.29, 1.82) is 0 Å². The fourth-order valence-corrected chi connectivity index (χ4v) is 2.15. The molecule has 2 rings (SSSR count). The van der Waals surface area contributed by atoms with Gasteiger partial charge < -0.3 is 9.15 Å². The first-order chi connectivity index (χ1) is 8.70. The number of carbonyl (C=O) groups is 1. The van der Waals surface area contributed by atoms with Crippen LogP contribution in [0, 0.1) is 0 Å². The molecule has 0 aromatic carbocycles. The fourth-order valence-electron chi connectivity index (χ4n) is 1.34. The molecule has 0 aliphatic rings.